The van der Waals surface area contributed by atoms with Crippen LogP contribution in [0.25, 0.3) is 0 Å². The lowest BCUT2D eigenvalue weighted by Gasteiger charge is -2.27. The van der Waals surface area contributed by atoms with Crippen molar-refractivity contribution in [2.24, 2.45) is 0 Å². The molecule has 162 valence electrons. The number of nitrogens with one attached hydrogen (secondary N) is 3. The molecule has 3 rings (SSSR count). The van der Waals surface area contributed by atoms with Crippen LogP contribution in [0.15, 0.2) is 53.7 Å². The summed E-state index contributed by atoms with van der Waals surface area (Å²) in [6.45, 7) is 5.36. The van der Waals surface area contributed by atoms with E-state index in [1.165, 1.54) is 7.11 Å². The van der Waals surface area contributed by atoms with Gasteiger partial charge in [0.15, 0.2) is 6.61 Å². The number of urea groups is 1. The number of hydrogen-bond donors (Lipinski definition) is 3. The highest BCUT2D eigenvalue weighted by Crippen LogP contribution is 2.28. The van der Waals surface area contributed by atoms with E-state index in [9.17, 15) is 14.4 Å². The number of benzene rings is 2. The Kier molecular flexibility index (Phi) is 6.59. The lowest BCUT2D eigenvalue weighted by molar-refractivity contribution is -0.136. The van der Waals surface area contributed by atoms with Gasteiger partial charge < -0.3 is 25.4 Å². The third-order valence-electron chi connectivity index (χ3n) is 5.00. The minimum absolute atomic E-state index is 0.149. The number of allylic oxidation sites excluding steroid dienone is 1. The van der Waals surface area contributed by atoms with E-state index >= 15 is 0 Å². The van der Waals surface area contributed by atoms with Crippen molar-refractivity contribution < 1.29 is 23.9 Å². The topological polar surface area (TPSA) is 106 Å². The number of rotatable bonds is 6. The first-order valence-corrected chi connectivity index (χ1v) is 9.75. The highest BCUT2D eigenvalue weighted by molar-refractivity contribution is 5.95. The Labute approximate surface area is 180 Å². The molecular formula is C23H25N3O5. The van der Waals surface area contributed by atoms with Gasteiger partial charge in [-0.25, -0.2) is 9.59 Å². The summed E-state index contributed by atoms with van der Waals surface area (Å²) >= 11 is 0. The van der Waals surface area contributed by atoms with Gasteiger partial charge in [0.2, 0.25) is 0 Å². The maximum atomic E-state index is 12.3. The van der Waals surface area contributed by atoms with E-state index in [2.05, 4.69) is 16.0 Å². The summed E-state index contributed by atoms with van der Waals surface area (Å²) in [6.07, 6.45) is 0. The summed E-state index contributed by atoms with van der Waals surface area (Å²) in [6, 6.07) is 11.6. The molecule has 0 saturated carbocycles. The van der Waals surface area contributed by atoms with Gasteiger partial charge in [-0.3, -0.25) is 4.79 Å². The highest BCUT2D eigenvalue weighted by atomic mass is 16.5. The number of aryl methyl sites for hydroxylation is 2. The molecule has 3 N–H and O–H groups in total. The maximum Gasteiger partial charge on any atom is 0.337 e. The molecule has 8 nitrogen and oxygen atoms in total. The quantitative estimate of drug-likeness (QED) is 0.619. The third kappa shape index (κ3) is 5.03. The van der Waals surface area contributed by atoms with Crippen LogP contribution >= 0.6 is 0 Å². The molecule has 0 spiro atoms. The molecular weight excluding hydrogens is 398 g/mol. The first-order valence-electron chi connectivity index (χ1n) is 9.75. The van der Waals surface area contributed by atoms with Crippen molar-refractivity contribution >= 4 is 23.6 Å². The molecule has 0 fully saturated rings. The number of methoxy groups -OCH3 is 1. The SMILES string of the molecule is COC(=O)C1=C(C)NC(=O)NC1c1ccc(OCC(=O)Nc2c(C)cccc2C)cc1. The molecule has 2 aromatic rings. The van der Waals surface area contributed by atoms with Gasteiger partial charge in [0.05, 0.1) is 18.7 Å². The van der Waals surface area contributed by atoms with Crippen LogP contribution in [0.4, 0.5) is 10.5 Å². The van der Waals surface area contributed by atoms with E-state index in [0.717, 1.165) is 16.8 Å². The number of hydrogen-bond acceptors (Lipinski definition) is 5. The van der Waals surface area contributed by atoms with Crippen LogP contribution in [0.5, 0.6) is 5.75 Å². The largest absolute Gasteiger partial charge is 0.484 e. The van der Waals surface area contributed by atoms with Gasteiger partial charge in [-0.05, 0) is 49.6 Å². The lowest BCUT2D eigenvalue weighted by atomic mass is 9.95. The van der Waals surface area contributed by atoms with Crippen molar-refractivity contribution in [2.45, 2.75) is 26.8 Å². The van der Waals surface area contributed by atoms with Crippen LogP contribution in [-0.4, -0.2) is 31.6 Å². The van der Waals surface area contributed by atoms with E-state index in [0.29, 0.717) is 22.6 Å². The molecule has 0 bridgehead atoms. The van der Waals surface area contributed by atoms with Crippen molar-refractivity contribution in [2.75, 3.05) is 19.0 Å². The van der Waals surface area contributed by atoms with Crippen molar-refractivity contribution in [3.8, 4) is 5.75 Å². The fourth-order valence-electron chi connectivity index (χ4n) is 3.42. The van der Waals surface area contributed by atoms with Gasteiger partial charge in [0, 0.05) is 11.4 Å². The number of esters is 1. The number of anilines is 1. The van der Waals surface area contributed by atoms with E-state index in [1.54, 1.807) is 31.2 Å². The summed E-state index contributed by atoms with van der Waals surface area (Å²) in [5, 5.41) is 8.17. The van der Waals surface area contributed by atoms with Crippen LogP contribution in [0, 0.1) is 13.8 Å². The summed E-state index contributed by atoms with van der Waals surface area (Å²) in [5.41, 5.74) is 4.18. The Morgan fingerprint density at radius 3 is 2.29 bits per heavy atom. The molecule has 3 amide bonds. The Morgan fingerprint density at radius 2 is 1.68 bits per heavy atom. The van der Waals surface area contributed by atoms with Crippen LogP contribution < -0.4 is 20.7 Å². The highest BCUT2D eigenvalue weighted by Gasteiger charge is 2.31. The number of amides is 3. The monoisotopic (exact) mass is 423 g/mol. The third-order valence-corrected chi connectivity index (χ3v) is 5.00. The second kappa shape index (κ2) is 9.34. The van der Waals surface area contributed by atoms with E-state index in [1.807, 2.05) is 32.0 Å². The van der Waals surface area contributed by atoms with Crippen LogP contribution in [-0.2, 0) is 14.3 Å². The van der Waals surface area contributed by atoms with Crippen molar-refractivity contribution in [1.29, 1.82) is 0 Å². The van der Waals surface area contributed by atoms with Gasteiger partial charge in [-0.1, -0.05) is 30.3 Å². The summed E-state index contributed by atoms with van der Waals surface area (Å²) in [4.78, 5) is 36.3. The fourth-order valence-corrected chi connectivity index (χ4v) is 3.42. The summed E-state index contributed by atoms with van der Waals surface area (Å²) < 4.78 is 10.4. The van der Waals surface area contributed by atoms with Gasteiger partial charge in [0.25, 0.3) is 5.91 Å². The number of ether oxygens (including phenoxy) is 2. The molecule has 1 atom stereocenters. The van der Waals surface area contributed by atoms with Gasteiger partial charge >= 0.3 is 12.0 Å². The fraction of sp³-hybridized carbons (Fsp3) is 0.261. The predicted octanol–water partition coefficient (Wildman–Crippen LogP) is 3.12. The van der Waals surface area contributed by atoms with Gasteiger partial charge in [-0.2, -0.15) is 0 Å². The average Bonchev–Trinajstić information content (AvgIpc) is 2.74. The number of carbonyl (C=O) groups excluding carboxylic acids is 3. The second-order valence-electron chi connectivity index (χ2n) is 7.23. The molecule has 2 aromatic carbocycles. The lowest BCUT2D eigenvalue weighted by Crippen LogP contribution is -2.45. The van der Waals surface area contributed by atoms with Crippen LogP contribution in [0.1, 0.15) is 29.7 Å². The van der Waals surface area contributed by atoms with Crippen LogP contribution in [0.2, 0.25) is 0 Å². The van der Waals surface area contributed by atoms with Crippen molar-refractivity contribution in [3.63, 3.8) is 0 Å². The second-order valence-corrected chi connectivity index (χ2v) is 7.23. The zero-order valence-electron chi connectivity index (χ0n) is 17.9. The molecule has 8 heteroatoms. The first-order chi connectivity index (χ1) is 14.8. The minimum atomic E-state index is -0.650. The molecule has 0 aromatic heterocycles. The first kappa shape index (κ1) is 21.9. The van der Waals surface area contributed by atoms with Gasteiger partial charge in [0.1, 0.15) is 5.75 Å². The number of para-hydroxylation sites is 1. The molecule has 1 unspecified atom stereocenters. The Hall–Kier alpha value is -3.81. The smallest absolute Gasteiger partial charge is 0.337 e. The van der Waals surface area contributed by atoms with E-state index < -0.39 is 18.0 Å². The van der Waals surface area contributed by atoms with Gasteiger partial charge in [-0.15, -0.1) is 0 Å². The van der Waals surface area contributed by atoms with E-state index in [-0.39, 0.29) is 12.5 Å². The Morgan fingerprint density at radius 1 is 1.03 bits per heavy atom. The van der Waals surface area contributed by atoms with E-state index in [4.69, 9.17) is 9.47 Å². The Balaban J connectivity index is 1.67. The maximum absolute atomic E-state index is 12.3. The molecule has 1 aliphatic heterocycles. The minimum Gasteiger partial charge on any atom is -0.484 e. The summed E-state index contributed by atoms with van der Waals surface area (Å²) in [5.74, 6) is -0.307. The van der Waals surface area contributed by atoms with Crippen LogP contribution in [0.3, 0.4) is 0 Å². The summed E-state index contributed by atoms with van der Waals surface area (Å²) in [7, 11) is 1.29. The predicted molar refractivity (Wildman–Crippen MR) is 116 cm³/mol. The van der Waals surface area contributed by atoms with Crippen molar-refractivity contribution in [1.82, 2.24) is 10.6 Å². The normalized spacial score (nSPS) is 15.6. The molecule has 0 aliphatic carbocycles. The zero-order chi connectivity index (χ0) is 22.5. The van der Waals surface area contributed by atoms with Crippen molar-refractivity contribution in [3.05, 3.63) is 70.4 Å². The standard InChI is InChI=1S/C23H25N3O5/c1-13-6-5-7-14(2)20(13)25-18(27)12-31-17-10-8-16(9-11-17)21-19(22(28)30-4)15(3)24-23(29)26-21/h5-11,21H,12H2,1-4H3,(H,25,27)(H2,24,26,29). The molecule has 1 aliphatic rings. The zero-order valence-corrected chi connectivity index (χ0v) is 17.9. The molecule has 1 heterocycles. The molecule has 0 radical (unpaired) electrons. The molecule has 0 saturated heterocycles. The number of carbonyl (C=O) groups is 3. The molecule has 31 heavy (non-hydrogen) atoms. The Bertz CT molecular complexity index is 1020. The average molecular weight is 423 g/mol.